The molecule has 0 bridgehead atoms. The third kappa shape index (κ3) is 1.41. The zero-order valence-electron chi connectivity index (χ0n) is 6.53. The smallest absolute Gasteiger partial charge is 0.394 e. The largest absolute Gasteiger partial charge is 0.442 e. The highest BCUT2D eigenvalue weighted by molar-refractivity contribution is 4.99. The Bertz CT molecular complexity index is 257. The average Bonchev–Trinajstić information content (AvgIpc) is 2.44. The topological polar surface area (TPSA) is 70.5 Å². The van der Waals surface area contributed by atoms with E-state index in [4.69, 9.17) is 19.6 Å². The fourth-order valence-corrected chi connectivity index (χ4v) is 0.861. The standard InChI is InChI=1S/C7H10N2O3/c8-1-5-2-11-7(9-5)12-6-3-10-4-6/h2,6H,1,3-4,8H2. The Morgan fingerprint density at radius 1 is 1.67 bits per heavy atom. The molecule has 1 saturated heterocycles. The molecule has 0 atom stereocenters. The second-order valence-corrected chi connectivity index (χ2v) is 2.59. The maximum absolute atomic E-state index is 5.34. The molecule has 0 aromatic carbocycles. The summed E-state index contributed by atoms with van der Waals surface area (Å²) in [6.45, 7) is 1.59. The molecule has 0 unspecified atom stereocenters. The number of aromatic nitrogens is 1. The Hall–Kier alpha value is -1.07. The fourth-order valence-electron chi connectivity index (χ4n) is 0.861. The lowest BCUT2D eigenvalue weighted by atomic mass is 10.3. The van der Waals surface area contributed by atoms with Gasteiger partial charge in [-0.15, -0.1) is 0 Å². The number of hydrogen-bond donors (Lipinski definition) is 1. The van der Waals surface area contributed by atoms with Crippen LogP contribution in [0.1, 0.15) is 5.69 Å². The first-order valence-corrected chi connectivity index (χ1v) is 3.77. The van der Waals surface area contributed by atoms with E-state index in [0.717, 1.165) is 0 Å². The molecule has 1 aliphatic rings. The van der Waals surface area contributed by atoms with Crippen molar-refractivity contribution in [2.45, 2.75) is 12.6 Å². The maximum atomic E-state index is 5.34. The third-order valence-electron chi connectivity index (χ3n) is 1.61. The number of nitrogens with zero attached hydrogens (tertiary/aromatic N) is 1. The molecular formula is C7H10N2O3. The zero-order valence-corrected chi connectivity index (χ0v) is 6.53. The van der Waals surface area contributed by atoms with Crippen LogP contribution in [-0.4, -0.2) is 24.3 Å². The number of oxazole rings is 1. The highest BCUT2D eigenvalue weighted by Crippen LogP contribution is 2.14. The Labute approximate surface area is 69.5 Å². The molecule has 1 aromatic heterocycles. The van der Waals surface area contributed by atoms with E-state index >= 15 is 0 Å². The first-order chi connectivity index (χ1) is 5.88. The minimum Gasteiger partial charge on any atom is -0.442 e. The van der Waals surface area contributed by atoms with Gasteiger partial charge in [-0.3, -0.25) is 0 Å². The van der Waals surface area contributed by atoms with Crippen molar-refractivity contribution in [3.8, 4) is 6.08 Å². The Balaban J connectivity index is 1.93. The molecule has 0 spiro atoms. The molecular weight excluding hydrogens is 160 g/mol. The first-order valence-electron chi connectivity index (χ1n) is 3.77. The summed E-state index contributed by atoms with van der Waals surface area (Å²) in [6, 6.07) is 0. The number of ether oxygens (including phenoxy) is 2. The van der Waals surface area contributed by atoms with E-state index in [1.165, 1.54) is 6.26 Å². The summed E-state index contributed by atoms with van der Waals surface area (Å²) in [6.07, 6.45) is 1.87. The van der Waals surface area contributed by atoms with E-state index in [2.05, 4.69) is 4.98 Å². The SMILES string of the molecule is NCc1coc(OC2COC2)n1. The van der Waals surface area contributed by atoms with Gasteiger partial charge in [0.25, 0.3) is 0 Å². The Morgan fingerprint density at radius 2 is 2.50 bits per heavy atom. The van der Waals surface area contributed by atoms with Crippen LogP contribution < -0.4 is 10.5 Å². The van der Waals surface area contributed by atoms with Gasteiger partial charge in [-0.2, -0.15) is 4.98 Å². The summed E-state index contributed by atoms with van der Waals surface area (Å²) in [5, 5.41) is 0. The number of hydrogen-bond acceptors (Lipinski definition) is 5. The molecule has 2 N–H and O–H groups in total. The number of nitrogens with two attached hydrogens (primary N) is 1. The van der Waals surface area contributed by atoms with E-state index < -0.39 is 0 Å². The molecule has 12 heavy (non-hydrogen) atoms. The second-order valence-electron chi connectivity index (χ2n) is 2.59. The monoisotopic (exact) mass is 170 g/mol. The van der Waals surface area contributed by atoms with Gasteiger partial charge >= 0.3 is 6.08 Å². The van der Waals surface area contributed by atoms with Gasteiger partial charge < -0.3 is 19.6 Å². The fraction of sp³-hybridized carbons (Fsp3) is 0.571. The van der Waals surface area contributed by atoms with E-state index in [1.807, 2.05) is 0 Å². The summed E-state index contributed by atoms with van der Waals surface area (Å²) in [5.74, 6) is 0. The highest BCUT2D eigenvalue weighted by Gasteiger charge is 2.22. The lowest BCUT2D eigenvalue weighted by Crippen LogP contribution is -2.38. The molecule has 5 nitrogen and oxygen atoms in total. The van der Waals surface area contributed by atoms with Gasteiger partial charge in [0.15, 0.2) is 6.10 Å². The third-order valence-corrected chi connectivity index (χ3v) is 1.61. The molecule has 2 heterocycles. The Kier molecular flexibility index (Phi) is 1.97. The van der Waals surface area contributed by atoms with Crippen LogP contribution in [0.5, 0.6) is 6.08 Å². The van der Waals surface area contributed by atoms with E-state index in [1.54, 1.807) is 0 Å². The molecule has 2 rings (SSSR count). The van der Waals surface area contributed by atoms with Gasteiger partial charge in [0.05, 0.1) is 18.9 Å². The summed E-state index contributed by atoms with van der Waals surface area (Å²) < 4.78 is 15.2. The molecule has 1 fully saturated rings. The summed E-state index contributed by atoms with van der Waals surface area (Å²) in [5.41, 5.74) is 6.04. The quantitative estimate of drug-likeness (QED) is 0.686. The van der Waals surface area contributed by atoms with Crippen LogP contribution >= 0.6 is 0 Å². The highest BCUT2D eigenvalue weighted by atomic mass is 16.6. The second kappa shape index (κ2) is 3.12. The molecule has 0 saturated carbocycles. The van der Waals surface area contributed by atoms with Crippen LogP contribution in [0.15, 0.2) is 10.7 Å². The van der Waals surface area contributed by atoms with Crippen molar-refractivity contribution in [2.24, 2.45) is 5.73 Å². The molecule has 0 amide bonds. The van der Waals surface area contributed by atoms with Crippen molar-refractivity contribution >= 4 is 0 Å². The van der Waals surface area contributed by atoms with Crippen LogP contribution in [-0.2, 0) is 11.3 Å². The van der Waals surface area contributed by atoms with Crippen molar-refractivity contribution in [2.75, 3.05) is 13.2 Å². The Morgan fingerprint density at radius 3 is 3.00 bits per heavy atom. The predicted octanol–water partition coefficient (Wildman–Crippen LogP) is -0.0891. The van der Waals surface area contributed by atoms with Crippen molar-refractivity contribution < 1.29 is 13.9 Å². The molecule has 0 radical (unpaired) electrons. The predicted molar refractivity (Wildman–Crippen MR) is 39.6 cm³/mol. The minimum absolute atomic E-state index is 0.0919. The van der Waals surface area contributed by atoms with Gasteiger partial charge in [0, 0.05) is 6.54 Å². The van der Waals surface area contributed by atoms with Gasteiger partial charge in [0.2, 0.25) is 0 Å². The van der Waals surface area contributed by atoms with Crippen molar-refractivity contribution in [1.29, 1.82) is 0 Å². The molecule has 0 aliphatic carbocycles. The van der Waals surface area contributed by atoms with Gasteiger partial charge in [-0.05, 0) is 0 Å². The number of rotatable bonds is 3. The van der Waals surface area contributed by atoms with Crippen LogP contribution in [0.3, 0.4) is 0 Å². The van der Waals surface area contributed by atoms with Crippen LogP contribution in [0.4, 0.5) is 0 Å². The van der Waals surface area contributed by atoms with Crippen molar-refractivity contribution in [1.82, 2.24) is 4.98 Å². The van der Waals surface area contributed by atoms with Gasteiger partial charge in [0.1, 0.15) is 6.26 Å². The summed E-state index contributed by atoms with van der Waals surface area (Å²) >= 11 is 0. The van der Waals surface area contributed by atoms with Crippen molar-refractivity contribution in [3.05, 3.63) is 12.0 Å². The average molecular weight is 170 g/mol. The van der Waals surface area contributed by atoms with Crippen molar-refractivity contribution in [3.63, 3.8) is 0 Å². The lowest BCUT2D eigenvalue weighted by Gasteiger charge is -2.24. The summed E-state index contributed by atoms with van der Waals surface area (Å²) in [7, 11) is 0. The van der Waals surface area contributed by atoms with Crippen LogP contribution in [0.2, 0.25) is 0 Å². The van der Waals surface area contributed by atoms with E-state index in [0.29, 0.717) is 25.5 Å². The normalized spacial score (nSPS) is 17.4. The molecule has 66 valence electrons. The molecule has 1 aromatic rings. The van der Waals surface area contributed by atoms with Crippen LogP contribution in [0, 0.1) is 0 Å². The molecule has 5 heteroatoms. The molecule has 1 aliphatic heterocycles. The summed E-state index contributed by atoms with van der Waals surface area (Å²) in [4.78, 5) is 3.98. The minimum atomic E-state index is 0.0919. The zero-order chi connectivity index (χ0) is 8.39. The van der Waals surface area contributed by atoms with Gasteiger partial charge in [-0.25, -0.2) is 0 Å². The maximum Gasteiger partial charge on any atom is 0.394 e. The lowest BCUT2D eigenvalue weighted by molar-refractivity contribution is -0.0894. The van der Waals surface area contributed by atoms with Gasteiger partial charge in [-0.1, -0.05) is 0 Å². The first kappa shape index (κ1) is 7.57. The van der Waals surface area contributed by atoms with Crippen LogP contribution in [0.25, 0.3) is 0 Å². The van der Waals surface area contributed by atoms with E-state index in [9.17, 15) is 0 Å². The van der Waals surface area contributed by atoms with E-state index in [-0.39, 0.29) is 12.2 Å².